The lowest BCUT2D eigenvalue weighted by molar-refractivity contribution is 0.0303. The molecule has 5 rings (SSSR count). The molecule has 0 unspecified atom stereocenters. The molecule has 0 radical (unpaired) electrons. The van der Waals surface area contributed by atoms with Crippen LogP contribution in [-0.2, 0) is 11.3 Å². The van der Waals surface area contributed by atoms with Gasteiger partial charge in [-0.25, -0.2) is 0 Å². The highest BCUT2D eigenvalue weighted by atomic mass is 35.5. The van der Waals surface area contributed by atoms with Crippen LogP contribution >= 0.6 is 22.9 Å². The molecule has 2 aromatic carbocycles. The van der Waals surface area contributed by atoms with E-state index < -0.39 is 0 Å². The Hall–Kier alpha value is -3.20. The maximum Gasteiger partial charge on any atom is 0.265 e. The van der Waals surface area contributed by atoms with Gasteiger partial charge >= 0.3 is 0 Å². The van der Waals surface area contributed by atoms with Crippen LogP contribution in [0.5, 0.6) is 0 Å². The van der Waals surface area contributed by atoms with Crippen molar-refractivity contribution >= 4 is 50.7 Å². The molecule has 34 heavy (non-hydrogen) atoms. The number of aromatic nitrogens is 2. The summed E-state index contributed by atoms with van der Waals surface area (Å²) in [5, 5.41) is 9.22. The predicted molar refractivity (Wildman–Crippen MR) is 134 cm³/mol. The lowest BCUT2D eigenvalue weighted by Crippen LogP contribution is -2.41. The number of halogens is 1. The molecule has 0 saturated carbocycles. The summed E-state index contributed by atoms with van der Waals surface area (Å²) in [6, 6.07) is 16.6. The van der Waals surface area contributed by atoms with Gasteiger partial charge in [0.25, 0.3) is 11.8 Å². The molecule has 2 amide bonds. The molecule has 1 N–H and O–H groups in total. The molecule has 7 nitrogen and oxygen atoms in total. The summed E-state index contributed by atoms with van der Waals surface area (Å²) in [4.78, 5) is 29.4. The first-order chi connectivity index (χ1) is 16.5. The highest BCUT2D eigenvalue weighted by Gasteiger charge is 2.23. The smallest absolute Gasteiger partial charge is 0.265 e. The van der Waals surface area contributed by atoms with Crippen molar-refractivity contribution in [3.05, 3.63) is 81.3 Å². The van der Waals surface area contributed by atoms with Crippen LogP contribution < -0.4 is 5.32 Å². The summed E-state index contributed by atoms with van der Waals surface area (Å²) < 4.78 is 7.25. The Morgan fingerprint density at radius 3 is 2.62 bits per heavy atom. The molecule has 174 valence electrons. The first kappa shape index (κ1) is 22.6. The summed E-state index contributed by atoms with van der Waals surface area (Å²) in [6.45, 7) is 4.65. The molecule has 0 spiro atoms. The van der Waals surface area contributed by atoms with Gasteiger partial charge in [-0.1, -0.05) is 35.9 Å². The van der Waals surface area contributed by atoms with Gasteiger partial charge in [-0.2, -0.15) is 5.10 Å². The zero-order valence-corrected chi connectivity index (χ0v) is 20.2. The maximum absolute atomic E-state index is 13.2. The van der Waals surface area contributed by atoms with Gasteiger partial charge in [0, 0.05) is 23.5 Å². The van der Waals surface area contributed by atoms with Crippen LogP contribution in [0.3, 0.4) is 0 Å². The average molecular weight is 495 g/mol. The highest BCUT2D eigenvalue weighted by molar-refractivity contribution is 7.20. The minimum Gasteiger partial charge on any atom is -0.378 e. The second-order valence-corrected chi connectivity index (χ2v) is 9.57. The van der Waals surface area contributed by atoms with E-state index in [1.807, 2.05) is 48.0 Å². The van der Waals surface area contributed by atoms with Crippen molar-refractivity contribution in [3.8, 4) is 0 Å². The van der Waals surface area contributed by atoms with Crippen LogP contribution in [0.15, 0.2) is 54.6 Å². The van der Waals surface area contributed by atoms with E-state index in [4.69, 9.17) is 16.3 Å². The van der Waals surface area contributed by atoms with Crippen LogP contribution in [0, 0.1) is 6.92 Å². The van der Waals surface area contributed by atoms with E-state index in [2.05, 4.69) is 10.4 Å². The molecular formula is C25H23ClN4O3S. The van der Waals surface area contributed by atoms with E-state index in [1.165, 1.54) is 11.3 Å². The van der Waals surface area contributed by atoms with Gasteiger partial charge in [-0.15, -0.1) is 11.3 Å². The lowest BCUT2D eigenvalue weighted by Gasteiger charge is -2.27. The lowest BCUT2D eigenvalue weighted by atomic mass is 10.1. The number of aryl methyl sites for hydroxylation is 1. The average Bonchev–Trinajstić information content (AvgIpc) is 3.42. The number of anilines is 1. The van der Waals surface area contributed by atoms with Gasteiger partial charge in [0.1, 0.15) is 4.83 Å². The third kappa shape index (κ3) is 4.57. The molecule has 1 fully saturated rings. The molecule has 1 saturated heterocycles. The monoisotopic (exact) mass is 494 g/mol. The van der Waals surface area contributed by atoms with Gasteiger partial charge in [0.05, 0.1) is 41.6 Å². The Balaban J connectivity index is 1.38. The molecule has 1 aliphatic rings. The van der Waals surface area contributed by atoms with Gasteiger partial charge < -0.3 is 15.0 Å². The first-order valence-electron chi connectivity index (χ1n) is 11.0. The van der Waals surface area contributed by atoms with Crippen LogP contribution in [0.4, 0.5) is 5.69 Å². The van der Waals surface area contributed by atoms with E-state index in [1.54, 1.807) is 23.1 Å². The van der Waals surface area contributed by atoms with Crippen LogP contribution in [0.2, 0.25) is 5.02 Å². The number of hydrogen-bond donors (Lipinski definition) is 1. The largest absolute Gasteiger partial charge is 0.378 e. The van der Waals surface area contributed by atoms with E-state index in [0.29, 0.717) is 54.0 Å². The summed E-state index contributed by atoms with van der Waals surface area (Å²) >= 11 is 7.39. The minimum absolute atomic E-state index is 0.106. The number of carbonyl (C=O) groups excluding carboxylic acids is 2. The highest BCUT2D eigenvalue weighted by Crippen LogP contribution is 2.30. The molecule has 2 aromatic heterocycles. The fourth-order valence-corrected chi connectivity index (χ4v) is 5.18. The van der Waals surface area contributed by atoms with Crippen LogP contribution in [0.25, 0.3) is 10.2 Å². The standard InChI is InChI=1S/C25H23ClN4O3S/c1-16-20-14-22(34-25(20)30(28-16)15-17-6-8-18(26)9-7-17)23(31)27-21-5-3-2-4-19(21)24(32)29-10-12-33-13-11-29/h2-9,14H,10-13,15H2,1H3,(H,27,31). The van der Waals surface area contributed by atoms with Gasteiger partial charge in [-0.3, -0.25) is 14.3 Å². The van der Waals surface area contributed by atoms with Gasteiger partial charge in [0.2, 0.25) is 0 Å². The van der Waals surface area contributed by atoms with Gasteiger partial charge in [-0.05, 0) is 42.8 Å². The second-order valence-electron chi connectivity index (χ2n) is 8.10. The fourth-order valence-electron chi connectivity index (χ4n) is 3.99. The summed E-state index contributed by atoms with van der Waals surface area (Å²) in [6.07, 6.45) is 0. The maximum atomic E-state index is 13.2. The van der Waals surface area contributed by atoms with E-state index in [-0.39, 0.29) is 11.8 Å². The minimum atomic E-state index is -0.249. The number of morpholine rings is 1. The first-order valence-corrected chi connectivity index (χ1v) is 12.2. The van der Waals surface area contributed by atoms with Crippen molar-refractivity contribution in [2.24, 2.45) is 0 Å². The third-order valence-corrected chi connectivity index (χ3v) is 7.18. The zero-order chi connectivity index (χ0) is 23.7. The van der Waals surface area contributed by atoms with Crippen molar-refractivity contribution in [1.29, 1.82) is 0 Å². The molecule has 9 heteroatoms. The third-order valence-electron chi connectivity index (χ3n) is 5.78. The molecule has 0 atom stereocenters. The van der Waals surface area contributed by atoms with Crippen molar-refractivity contribution in [2.45, 2.75) is 13.5 Å². The Morgan fingerprint density at radius 1 is 1.12 bits per heavy atom. The number of amides is 2. The number of carbonyl (C=O) groups is 2. The Bertz CT molecular complexity index is 1360. The summed E-state index contributed by atoms with van der Waals surface area (Å²) in [5.41, 5.74) is 2.91. The number of hydrogen-bond acceptors (Lipinski definition) is 5. The molecule has 0 bridgehead atoms. The Kier molecular flexibility index (Phi) is 6.36. The van der Waals surface area contributed by atoms with Crippen molar-refractivity contribution < 1.29 is 14.3 Å². The normalized spacial score (nSPS) is 13.9. The SMILES string of the molecule is Cc1nn(Cc2ccc(Cl)cc2)c2sc(C(=O)Nc3ccccc3C(=O)N3CCOCC3)cc12. The number of thiophene rings is 1. The molecule has 3 heterocycles. The second kappa shape index (κ2) is 9.58. The van der Waals surface area contributed by atoms with Gasteiger partial charge in [0.15, 0.2) is 0 Å². The van der Waals surface area contributed by atoms with Crippen molar-refractivity contribution in [3.63, 3.8) is 0 Å². The number of nitrogens with zero attached hydrogens (tertiary/aromatic N) is 3. The topological polar surface area (TPSA) is 76.5 Å². The number of benzene rings is 2. The quantitative estimate of drug-likeness (QED) is 0.431. The number of nitrogens with one attached hydrogen (secondary N) is 1. The number of fused-ring (bicyclic) bond motifs is 1. The summed E-state index contributed by atoms with van der Waals surface area (Å²) in [7, 11) is 0. The Morgan fingerprint density at radius 2 is 1.85 bits per heavy atom. The number of ether oxygens (including phenoxy) is 1. The van der Waals surface area contributed by atoms with Crippen LogP contribution in [0.1, 0.15) is 31.3 Å². The molecule has 1 aliphatic heterocycles. The van der Waals surface area contributed by atoms with E-state index in [9.17, 15) is 9.59 Å². The van der Waals surface area contributed by atoms with Crippen molar-refractivity contribution in [2.75, 3.05) is 31.6 Å². The number of para-hydroxylation sites is 1. The Labute approximate surface area is 205 Å². The van der Waals surface area contributed by atoms with Crippen molar-refractivity contribution in [1.82, 2.24) is 14.7 Å². The number of rotatable bonds is 5. The zero-order valence-electron chi connectivity index (χ0n) is 18.6. The van der Waals surface area contributed by atoms with E-state index >= 15 is 0 Å². The fraction of sp³-hybridized carbons (Fsp3) is 0.240. The van der Waals surface area contributed by atoms with E-state index in [0.717, 1.165) is 21.5 Å². The predicted octanol–water partition coefficient (Wildman–Crippen LogP) is 4.83. The van der Waals surface area contributed by atoms with Crippen LogP contribution in [-0.4, -0.2) is 52.8 Å². The molecule has 0 aliphatic carbocycles. The molecular weight excluding hydrogens is 472 g/mol. The summed E-state index contributed by atoms with van der Waals surface area (Å²) in [5.74, 6) is -0.356. The molecule has 4 aromatic rings.